The topological polar surface area (TPSA) is 41.1 Å². The molecule has 2 fully saturated rings. The summed E-state index contributed by atoms with van der Waals surface area (Å²) in [7, 11) is 0. The SMILES string of the molecule is CC(C)c1ccnc(N2CCC3CNC[C@@H]32)n1. The van der Waals surface area contributed by atoms with Crippen molar-refractivity contribution in [2.24, 2.45) is 5.92 Å². The van der Waals surface area contributed by atoms with Crippen LogP contribution < -0.4 is 10.2 Å². The first-order valence-corrected chi connectivity index (χ1v) is 6.56. The van der Waals surface area contributed by atoms with Gasteiger partial charge in [0, 0.05) is 37.6 Å². The fourth-order valence-corrected chi connectivity index (χ4v) is 2.92. The minimum atomic E-state index is 0.469. The van der Waals surface area contributed by atoms with E-state index in [0.29, 0.717) is 12.0 Å². The Morgan fingerprint density at radius 1 is 1.41 bits per heavy atom. The smallest absolute Gasteiger partial charge is 0.225 e. The van der Waals surface area contributed by atoms with Crippen LogP contribution in [-0.4, -0.2) is 35.6 Å². The summed E-state index contributed by atoms with van der Waals surface area (Å²) in [6, 6.07) is 2.63. The summed E-state index contributed by atoms with van der Waals surface area (Å²) >= 11 is 0. The van der Waals surface area contributed by atoms with E-state index in [4.69, 9.17) is 4.98 Å². The molecular weight excluding hydrogens is 212 g/mol. The summed E-state index contributed by atoms with van der Waals surface area (Å²) in [6.45, 7) is 7.70. The van der Waals surface area contributed by atoms with Crippen LogP contribution >= 0.6 is 0 Å². The Bertz CT molecular complexity index is 404. The van der Waals surface area contributed by atoms with E-state index >= 15 is 0 Å². The number of nitrogens with one attached hydrogen (secondary N) is 1. The molecule has 2 aliphatic heterocycles. The lowest BCUT2D eigenvalue weighted by atomic mass is 10.1. The summed E-state index contributed by atoms with van der Waals surface area (Å²) in [5, 5.41) is 3.46. The van der Waals surface area contributed by atoms with Crippen LogP contribution in [0.4, 0.5) is 5.95 Å². The van der Waals surface area contributed by atoms with Crippen molar-refractivity contribution in [2.75, 3.05) is 24.5 Å². The van der Waals surface area contributed by atoms with Crippen LogP contribution in [-0.2, 0) is 0 Å². The predicted molar refractivity (Wildman–Crippen MR) is 68.2 cm³/mol. The minimum Gasteiger partial charge on any atom is -0.336 e. The lowest BCUT2D eigenvalue weighted by molar-refractivity contribution is 0.575. The number of rotatable bonds is 2. The molecule has 1 N–H and O–H groups in total. The Balaban J connectivity index is 1.86. The Hall–Kier alpha value is -1.16. The zero-order valence-electron chi connectivity index (χ0n) is 10.6. The van der Waals surface area contributed by atoms with Gasteiger partial charge in [0.15, 0.2) is 0 Å². The van der Waals surface area contributed by atoms with Crippen molar-refractivity contribution < 1.29 is 0 Å². The van der Waals surface area contributed by atoms with Crippen LogP contribution in [0.15, 0.2) is 12.3 Å². The van der Waals surface area contributed by atoms with Gasteiger partial charge in [-0.15, -0.1) is 0 Å². The highest BCUT2D eigenvalue weighted by atomic mass is 15.3. The molecule has 0 aromatic carbocycles. The van der Waals surface area contributed by atoms with Crippen LogP contribution in [0.25, 0.3) is 0 Å². The molecule has 1 aromatic rings. The van der Waals surface area contributed by atoms with E-state index in [9.17, 15) is 0 Å². The standard InChI is InChI=1S/C13H20N4/c1-9(2)11-3-5-15-13(16-11)17-6-4-10-7-14-8-12(10)17/h3,5,9-10,12,14H,4,6-8H2,1-2H3/t10?,12-/m0/s1. The Labute approximate surface area is 102 Å². The van der Waals surface area contributed by atoms with Crippen LogP contribution in [0.3, 0.4) is 0 Å². The van der Waals surface area contributed by atoms with E-state index in [1.165, 1.54) is 6.42 Å². The molecule has 1 unspecified atom stereocenters. The molecule has 17 heavy (non-hydrogen) atoms. The van der Waals surface area contributed by atoms with E-state index in [-0.39, 0.29) is 0 Å². The van der Waals surface area contributed by atoms with Crippen LogP contribution in [0.5, 0.6) is 0 Å². The number of fused-ring (bicyclic) bond motifs is 1. The number of aromatic nitrogens is 2. The second-order valence-electron chi connectivity index (χ2n) is 5.40. The van der Waals surface area contributed by atoms with Crippen molar-refractivity contribution >= 4 is 5.95 Å². The van der Waals surface area contributed by atoms with Gasteiger partial charge in [-0.2, -0.15) is 0 Å². The molecule has 3 rings (SSSR count). The van der Waals surface area contributed by atoms with E-state index in [0.717, 1.165) is 37.2 Å². The first kappa shape index (κ1) is 11.0. The monoisotopic (exact) mass is 232 g/mol. The molecule has 0 bridgehead atoms. The number of nitrogens with zero attached hydrogens (tertiary/aromatic N) is 3. The molecule has 2 aliphatic rings. The van der Waals surface area contributed by atoms with Gasteiger partial charge in [0.05, 0.1) is 0 Å². The molecule has 4 nitrogen and oxygen atoms in total. The third-order valence-corrected chi connectivity index (χ3v) is 3.96. The van der Waals surface area contributed by atoms with Gasteiger partial charge in [-0.1, -0.05) is 13.8 Å². The van der Waals surface area contributed by atoms with Gasteiger partial charge in [0.25, 0.3) is 0 Å². The molecule has 1 aromatic heterocycles. The third-order valence-electron chi connectivity index (χ3n) is 3.96. The lowest BCUT2D eigenvalue weighted by Gasteiger charge is -2.23. The van der Waals surface area contributed by atoms with Gasteiger partial charge in [-0.3, -0.25) is 0 Å². The zero-order chi connectivity index (χ0) is 11.8. The highest BCUT2D eigenvalue weighted by Crippen LogP contribution is 2.30. The molecule has 0 aliphatic carbocycles. The van der Waals surface area contributed by atoms with Gasteiger partial charge >= 0.3 is 0 Å². The molecule has 3 heterocycles. The van der Waals surface area contributed by atoms with Crippen LogP contribution in [0.1, 0.15) is 31.9 Å². The highest BCUT2D eigenvalue weighted by Gasteiger charge is 2.38. The molecule has 92 valence electrons. The van der Waals surface area contributed by atoms with Crippen molar-refractivity contribution in [1.82, 2.24) is 15.3 Å². The third kappa shape index (κ3) is 1.90. The van der Waals surface area contributed by atoms with E-state index in [1.807, 2.05) is 12.3 Å². The maximum Gasteiger partial charge on any atom is 0.225 e. The fraction of sp³-hybridized carbons (Fsp3) is 0.692. The second kappa shape index (κ2) is 4.26. The molecule has 0 amide bonds. The largest absolute Gasteiger partial charge is 0.336 e. The van der Waals surface area contributed by atoms with Crippen molar-refractivity contribution in [3.8, 4) is 0 Å². The Morgan fingerprint density at radius 3 is 3.12 bits per heavy atom. The fourth-order valence-electron chi connectivity index (χ4n) is 2.92. The first-order chi connectivity index (χ1) is 8.25. The highest BCUT2D eigenvalue weighted by molar-refractivity contribution is 5.36. The quantitative estimate of drug-likeness (QED) is 0.837. The van der Waals surface area contributed by atoms with Gasteiger partial charge in [0.2, 0.25) is 5.95 Å². The molecular formula is C13H20N4. The van der Waals surface area contributed by atoms with E-state index < -0.39 is 0 Å². The molecule has 2 saturated heterocycles. The summed E-state index contributed by atoms with van der Waals surface area (Å²) in [6.07, 6.45) is 3.17. The van der Waals surface area contributed by atoms with Gasteiger partial charge in [-0.05, 0) is 24.3 Å². The van der Waals surface area contributed by atoms with Gasteiger partial charge < -0.3 is 10.2 Å². The molecule has 0 spiro atoms. The summed E-state index contributed by atoms with van der Waals surface area (Å²) in [5.41, 5.74) is 1.14. The average Bonchev–Trinajstić information content (AvgIpc) is 2.90. The Morgan fingerprint density at radius 2 is 2.29 bits per heavy atom. The van der Waals surface area contributed by atoms with Crippen molar-refractivity contribution in [2.45, 2.75) is 32.2 Å². The predicted octanol–water partition coefficient (Wildman–Crippen LogP) is 1.40. The maximum absolute atomic E-state index is 4.70. The Kier molecular flexibility index (Phi) is 2.74. The minimum absolute atomic E-state index is 0.469. The maximum atomic E-state index is 4.70. The lowest BCUT2D eigenvalue weighted by Crippen LogP contribution is -2.35. The second-order valence-corrected chi connectivity index (χ2v) is 5.40. The van der Waals surface area contributed by atoms with Gasteiger partial charge in [0.1, 0.15) is 0 Å². The molecule has 4 heteroatoms. The number of hydrogen-bond acceptors (Lipinski definition) is 4. The number of anilines is 1. The molecule has 0 radical (unpaired) electrons. The average molecular weight is 232 g/mol. The van der Waals surface area contributed by atoms with Crippen molar-refractivity contribution in [3.05, 3.63) is 18.0 Å². The van der Waals surface area contributed by atoms with Crippen molar-refractivity contribution in [3.63, 3.8) is 0 Å². The van der Waals surface area contributed by atoms with E-state index in [2.05, 4.69) is 29.0 Å². The van der Waals surface area contributed by atoms with E-state index in [1.54, 1.807) is 0 Å². The van der Waals surface area contributed by atoms with Gasteiger partial charge in [-0.25, -0.2) is 9.97 Å². The first-order valence-electron chi connectivity index (χ1n) is 6.56. The number of hydrogen-bond donors (Lipinski definition) is 1. The van der Waals surface area contributed by atoms with Crippen molar-refractivity contribution in [1.29, 1.82) is 0 Å². The van der Waals surface area contributed by atoms with Crippen LogP contribution in [0.2, 0.25) is 0 Å². The summed E-state index contributed by atoms with van der Waals surface area (Å²) in [5.74, 6) is 2.19. The zero-order valence-corrected chi connectivity index (χ0v) is 10.6. The molecule has 2 atom stereocenters. The summed E-state index contributed by atoms with van der Waals surface area (Å²) < 4.78 is 0. The summed E-state index contributed by atoms with van der Waals surface area (Å²) in [4.78, 5) is 11.5. The normalized spacial score (nSPS) is 27.8. The molecule has 0 saturated carbocycles. The van der Waals surface area contributed by atoms with Crippen LogP contribution in [0, 0.1) is 5.92 Å².